The molecule has 0 aliphatic carbocycles. The van der Waals surface area contributed by atoms with Gasteiger partial charge in [-0.1, -0.05) is 0 Å². The van der Waals surface area contributed by atoms with E-state index in [4.69, 9.17) is 11.5 Å². The van der Waals surface area contributed by atoms with Crippen LogP contribution in [0.25, 0.3) is 0 Å². The summed E-state index contributed by atoms with van der Waals surface area (Å²) in [5.74, 6) is 0. The second-order valence-electron chi connectivity index (χ2n) is 4.72. The highest BCUT2D eigenvalue weighted by Gasteiger charge is 2.25. The van der Waals surface area contributed by atoms with E-state index in [0.717, 1.165) is 11.1 Å². The third kappa shape index (κ3) is 2.65. The molecule has 5 N–H and O–H groups in total. The highest BCUT2D eigenvalue weighted by atomic mass is 31.2. The number of hydrogen-bond donors (Lipinski definition) is 3. The topological polar surface area (TPSA) is 89.3 Å². The molecule has 0 bridgehead atoms. The van der Waals surface area contributed by atoms with Crippen molar-refractivity contribution in [3.8, 4) is 0 Å². The highest BCUT2D eigenvalue weighted by Crippen LogP contribution is 2.39. The van der Waals surface area contributed by atoms with Gasteiger partial charge in [0.1, 0.15) is 0 Å². The molecule has 19 heavy (non-hydrogen) atoms. The fourth-order valence-electron chi connectivity index (χ4n) is 1.96. The SMILES string of the molecule is Cc1cc(N)cc(P(=O)(O)c2ccc(N)c(C)c2)c1. The molecule has 0 fully saturated rings. The van der Waals surface area contributed by atoms with Gasteiger partial charge in [0.05, 0.1) is 0 Å². The van der Waals surface area contributed by atoms with Crippen molar-refractivity contribution in [1.82, 2.24) is 0 Å². The fourth-order valence-corrected chi connectivity index (χ4v) is 3.61. The van der Waals surface area contributed by atoms with Gasteiger partial charge in [0.15, 0.2) is 0 Å². The van der Waals surface area contributed by atoms with Crippen molar-refractivity contribution in [3.63, 3.8) is 0 Å². The zero-order valence-corrected chi connectivity index (χ0v) is 11.8. The molecule has 0 aliphatic heterocycles. The lowest BCUT2D eigenvalue weighted by Crippen LogP contribution is -2.17. The molecule has 0 saturated carbocycles. The average Bonchev–Trinajstić information content (AvgIpc) is 2.31. The van der Waals surface area contributed by atoms with Crippen LogP contribution in [0, 0.1) is 13.8 Å². The van der Waals surface area contributed by atoms with E-state index in [0.29, 0.717) is 22.0 Å². The number of nitrogen functional groups attached to an aromatic ring is 2. The fraction of sp³-hybridized carbons (Fsp3) is 0.143. The third-order valence-electron chi connectivity index (χ3n) is 3.04. The van der Waals surface area contributed by atoms with Crippen molar-refractivity contribution >= 4 is 29.4 Å². The minimum atomic E-state index is -3.63. The molecule has 0 radical (unpaired) electrons. The summed E-state index contributed by atoms with van der Waals surface area (Å²) in [6.45, 7) is 3.65. The molecular formula is C14H17N2O2P. The first kappa shape index (κ1) is 13.7. The van der Waals surface area contributed by atoms with Gasteiger partial charge in [0.2, 0.25) is 0 Å². The Kier molecular flexibility index (Phi) is 3.40. The minimum Gasteiger partial charge on any atom is -0.399 e. The quantitative estimate of drug-likeness (QED) is 0.575. The number of aryl methyl sites for hydroxylation is 2. The number of benzene rings is 2. The maximum atomic E-state index is 12.6. The molecule has 2 rings (SSSR count). The van der Waals surface area contributed by atoms with Crippen LogP contribution >= 0.6 is 7.37 Å². The molecule has 0 heterocycles. The molecule has 0 aromatic heterocycles. The zero-order valence-electron chi connectivity index (χ0n) is 10.9. The van der Waals surface area contributed by atoms with Gasteiger partial charge < -0.3 is 16.4 Å². The van der Waals surface area contributed by atoms with Crippen LogP contribution in [0.15, 0.2) is 36.4 Å². The lowest BCUT2D eigenvalue weighted by atomic mass is 10.2. The molecule has 0 saturated heterocycles. The van der Waals surface area contributed by atoms with Gasteiger partial charge in [-0.15, -0.1) is 0 Å². The Hall–Kier alpha value is -1.77. The van der Waals surface area contributed by atoms with Gasteiger partial charge in [0, 0.05) is 22.0 Å². The Morgan fingerprint density at radius 1 is 1.00 bits per heavy atom. The first-order chi connectivity index (χ1) is 8.80. The van der Waals surface area contributed by atoms with Gasteiger partial charge in [-0.25, -0.2) is 0 Å². The molecule has 0 aliphatic rings. The van der Waals surface area contributed by atoms with Crippen molar-refractivity contribution in [1.29, 1.82) is 0 Å². The first-order valence-electron chi connectivity index (χ1n) is 5.88. The van der Waals surface area contributed by atoms with E-state index in [2.05, 4.69) is 0 Å². The average molecular weight is 276 g/mol. The third-order valence-corrected chi connectivity index (χ3v) is 4.97. The Morgan fingerprint density at radius 3 is 2.26 bits per heavy atom. The molecule has 0 spiro atoms. The molecule has 2 aromatic rings. The van der Waals surface area contributed by atoms with Crippen LogP contribution < -0.4 is 22.1 Å². The second kappa shape index (κ2) is 4.72. The first-order valence-corrected chi connectivity index (χ1v) is 7.54. The van der Waals surface area contributed by atoms with E-state index in [1.807, 2.05) is 13.8 Å². The molecule has 0 amide bonds. The van der Waals surface area contributed by atoms with E-state index < -0.39 is 7.37 Å². The van der Waals surface area contributed by atoms with Crippen molar-refractivity contribution in [2.45, 2.75) is 13.8 Å². The monoisotopic (exact) mass is 276 g/mol. The van der Waals surface area contributed by atoms with Crippen molar-refractivity contribution in [2.75, 3.05) is 11.5 Å². The molecule has 100 valence electrons. The summed E-state index contributed by atoms with van der Waals surface area (Å²) in [5, 5.41) is 0.707. The number of nitrogens with two attached hydrogens (primary N) is 2. The Morgan fingerprint density at radius 2 is 1.68 bits per heavy atom. The summed E-state index contributed by atoms with van der Waals surface area (Å²) >= 11 is 0. The lowest BCUT2D eigenvalue weighted by molar-refractivity contribution is 0.501. The predicted octanol–water partition coefficient (Wildman–Crippen LogP) is 1.69. The van der Waals surface area contributed by atoms with E-state index in [9.17, 15) is 9.46 Å². The van der Waals surface area contributed by atoms with E-state index in [-0.39, 0.29) is 0 Å². The number of anilines is 2. The number of hydrogen-bond acceptors (Lipinski definition) is 3. The van der Waals surface area contributed by atoms with Crippen molar-refractivity contribution in [3.05, 3.63) is 47.5 Å². The van der Waals surface area contributed by atoms with Gasteiger partial charge >= 0.3 is 0 Å². The smallest absolute Gasteiger partial charge is 0.258 e. The molecule has 1 atom stereocenters. The second-order valence-corrected chi connectivity index (χ2v) is 6.90. The molecule has 1 unspecified atom stereocenters. The predicted molar refractivity (Wildman–Crippen MR) is 80.3 cm³/mol. The Balaban J connectivity index is 2.57. The van der Waals surface area contributed by atoms with Crippen LogP contribution in [0.3, 0.4) is 0 Å². The Bertz CT molecular complexity index is 663. The largest absolute Gasteiger partial charge is 0.399 e. The summed E-state index contributed by atoms with van der Waals surface area (Å²) in [6, 6.07) is 9.86. The van der Waals surface area contributed by atoms with Crippen LogP contribution in [0.4, 0.5) is 11.4 Å². The van der Waals surface area contributed by atoms with E-state index in [1.165, 1.54) is 0 Å². The van der Waals surface area contributed by atoms with Crippen LogP contribution in [0.2, 0.25) is 0 Å². The summed E-state index contributed by atoms with van der Waals surface area (Å²) < 4.78 is 12.6. The minimum absolute atomic E-state index is 0.342. The summed E-state index contributed by atoms with van der Waals surface area (Å²) in [4.78, 5) is 10.4. The van der Waals surface area contributed by atoms with Crippen molar-refractivity contribution < 1.29 is 9.46 Å². The normalized spacial score (nSPS) is 14.1. The van der Waals surface area contributed by atoms with E-state index >= 15 is 0 Å². The zero-order chi connectivity index (χ0) is 14.2. The highest BCUT2D eigenvalue weighted by molar-refractivity contribution is 7.73. The standard InChI is InChI=1S/C14H17N2O2P/c1-9-5-11(15)8-13(6-9)19(17,18)12-3-4-14(16)10(2)7-12/h3-8H,15-16H2,1-2H3,(H,17,18). The molecular weight excluding hydrogens is 259 g/mol. The summed E-state index contributed by atoms with van der Waals surface area (Å²) in [5.41, 5.74) is 14.2. The maximum absolute atomic E-state index is 12.6. The Labute approximate surface area is 112 Å². The molecule has 5 heteroatoms. The molecule has 2 aromatic carbocycles. The van der Waals surface area contributed by atoms with Gasteiger partial charge in [-0.3, -0.25) is 4.57 Å². The van der Waals surface area contributed by atoms with Gasteiger partial charge in [-0.2, -0.15) is 0 Å². The lowest BCUT2D eigenvalue weighted by Gasteiger charge is -2.15. The summed E-state index contributed by atoms with van der Waals surface area (Å²) in [7, 11) is -3.63. The van der Waals surface area contributed by atoms with E-state index in [1.54, 1.807) is 36.4 Å². The van der Waals surface area contributed by atoms with Gasteiger partial charge in [0.25, 0.3) is 7.37 Å². The van der Waals surface area contributed by atoms with Crippen molar-refractivity contribution in [2.24, 2.45) is 0 Å². The van der Waals surface area contributed by atoms with Crippen LogP contribution in [0.1, 0.15) is 11.1 Å². The van der Waals surface area contributed by atoms with Crippen LogP contribution in [0.5, 0.6) is 0 Å². The van der Waals surface area contributed by atoms with Gasteiger partial charge in [-0.05, 0) is 61.4 Å². The van der Waals surface area contributed by atoms with Crippen LogP contribution in [-0.4, -0.2) is 4.89 Å². The maximum Gasteiger partial charge on any atom is 0.258 e. The van der Waals surface area contributed by atoms with Crippen LogP contribution in [-0.2, 0) is 4.57 Å². The molecule has 4 nitrogen and oxygen atoms in total. The summed E-state index contributed by atoms with van der Waals surface area (Å²) in [6.07, 6.45) is 0. The number of rotatable bonds is 2.